The summed E-state index contributed by atoms with van der Waals surface area (Å²) < 4.78 is 21.2. The van der Waals surface area contributed by atoms with E-state index >= 15 is 4.39 Å². The summed E-state index contributed by atoms with van der Waals surface area (Å²) in [5.41, 5.74) is -0.695. The third-order valence-corrected chi connectivity index (χ3v) is 5.46. The maximum absolute atomic E-state index is 15.2. The summed E-state index contributed by atoms with van der Waals surface area (Å²) in [6, 6.07) is 10.5. The summed E-state index contributed by atoms with van der Waals surface area (Å²) in [5, 5.41) is 11.6. The van der Waals surface area contributed by atoms with Crippen LogP contribution in [-0.4, -0.2) is 20.6 Å². The molecule has 0 saturated heterocycles. The van der Waals surface area contributed by atoms with Crippen LogP contribution in [0, 0.1) is 0 Å². The molecule has 6 nitrogen and oxygen atoms in total. The molecule has 0 radical (unpaired) electrons. The zero-order valence-electron chi connectivity index (χ0n) is 14.4. The van der Waals surface area contributed by atoms with Crippen molar-refractivity contribution in [3.05, 3.63) is 63.4 Å². The largest absolute Gasteiger partial charge is 0.458 e. The molecule has 0 amide bonds. The maximum Gasteiger partial charge on any atom is 0.343 e. The summed E-state index contributed by atoms with van der Waals surface area (Å²) in [6.45, 7) is 1.34. The van der Waals surface area contributed by atoms with Crippen molar-refractivity contribution >= 4 is 16.9 Å². The van der Waals surface area contributed by atoms with Crippen LogP contribution in [-0.2, 0) is 21.7 Å². The van der Waals surface area contributed by atoms with Gasteiger partial charge in [-0.05, 0) is 24.6 Å². The Morgan fingerprint density at radius 1 is 1.33 bits per heavy atom. The van der Waals surface area contributed by atoms with Crippen molar-refractivity contribution in [1.82, 2.24) is 9.55 Å². The van der Waals surface area contributed by atoms with Gasteiger partial charge in [-0.1, -0.05) is 25.1 Å². The molecule has 0 spiro atoms. The van der Waals surface area contributed by atoms with E-state index in [0.717, 1.165) is 9.95 Å². The molecule has 1 aromatic carbocycles. The number of ether oxygens (including phenoxy) is 1. The minimum Gasteiger partial charge on any atom is -0.458 e. The van der Waals surface area contributed by atoms with Crippen LogP contribution in [0.1, 0.15) is 36.3 Å². The second-order valence-corrected chi connectivity index (χ2v) is 6.84. The zero-order chi connectivity index (χ0) is 18.9. The Morgan fingerprint density at radius 2 is 2.11 bits per heavy atom. The van der Waals surface area contributed by atoms with Crippen molar-refractivity contribution in [2.45, 2.75) is 31.8 Å². The van der Waals surface area contributed by atoms with Crippen molar-refractivity contribution < 1.29 is 19.0 Å². The van der Waals surface area contributed by atoms with E-state index in [2.05, 4.69) is 4.98 Å². The highest BCUT2D eigenvalue weighted by molar-refractivity contribution is 5.86. The van der Waals surface area contributed by atoms with E-state index in [-0.39, 0.29) is 29.8 Å². The van der Waals surface area contributed by atoms with Crippen LogP contribution in [0.2, 0.25) is 0 Å². The van der Waals surface area contributed by atoms with Crippen molar-refractivity contribution in [2.75, 3.05) is 0 Å². The van der Waals surface area contributed by atoms with Crippen LogP contribution < -0.4 is 5.56 Å². The van der Waals surface area contributed by atoms with Gasteiger partial charge in [0, 0.05) is 16.5 Å². The van der Waals surface area contributed by atoms with Gasteiger partial charge in [-0.2, -0.15) is 0 Å². The number of pyridine rings is 2. The molecular weight excluding hydrogens is 351 g/mol. The molecule has 0 aliphatic carbocycles. The lowest BCUT2D eigenvalue weighted by molar-refractivity contribution is -0.172. The van der Waals surface area contributed by atoms with Gasteiger partial charge in [-0.25, -0.2) is 14.2 Å². The minimum absolute atomic E-state index is 0.0405. The standard InChI is InChI=1S/C20H15FN2O4/c1-2-20(26)13-8-15-16-11(7-10-5-3-4-6-14(10)22-16)17(21)23(15)18(24)12(13)9-27-19(20)25/h3-8,17,26H,2,9H2,1H3/t17-,20+/m1/s1. The number of nitrogens with zero attached hydrogens (tertiary/aromatic N) is 2. The second kappa shape index (κ2) is 5.23. The van der Waals surface area contributed by atoms with E-state index in [9.17, 15) is 14.7 Å². The van der Waals surface area contributed by atoms with Crippen LogP contribution in [0.3, 0.4) is 0 Å². The lowest BCUT2D eigenvalue weighted by atomic mass is 9.86. The molecule has 4 heterocycles. The number of rotatable bonds is 1. The van der Waals surface area contributed by atoms with Gasteiger partial charge in [0.05, 0.1) is 22.5 Å². The predicted molar refractivity (Wildman–Crippen MR) is 94.7 cm³/mol. The molecule has 2 aliphatic heterocycles. The summed E-state index contributed by atoms with van der Waals surface area (Å²) in [4.78, 5) is 29.6. The van der Waals surface area contributed by atoms with Gasteiger partial charge < -0.3 is 9.84 Å². The monoisotopic (exact) mass is 366 g/mol. The third-order valence-electron chi connectivity index (χ3n) is 5.46. The van der Waals surface area contributed by atoms with Gasteiger partial charge in [-0.15, -0.1) is 0 Å². The molecule has 2 aromatic heterocycles. The Bertz CT molecular complexity index is 1200. The normalized spacial score (nSPS) is 22.9. The molecule has 0 fully saturated rings. The van der Waals surface area contributed by atoms with Gasteiger partial charge in [0.1, 0.15) is 6.61 Å². The first-order valence-electron chi connectivity index (χ1n) is 8.68. The van der Waals surface area contributed by atoms with Gasteiger partial charge in [0.15, 0.2) is 5.60 Å². The molecule has 0 bridgehead atoms. The number of benzene rings is 1. The minimum atomic E-state index is -1.92. The van der Waals surface area contributed by atoms with Crippen LogP contribution >= 0.6 is 0 Å². The Morgan fingerprint density at radius 3 is 2.89 bits per heavy atom. The van der Waals surface area contributed by atoms with E-state index in [0.29, 0.717) is 16.8 Å². The SMILES string of the molecule is CC[C@@]1(O)C(=O)OCc2c1cc1n(c2=O)[C@@H](F)c2cc3ccccc3nc2-1. The molecule has 136 valence electrons. The number of aromatic nitrogens is 2. The average Bonchev–Trinajstić information content (AvgIpc) is 2.95. The number of halogens is 1. The van der Waals surface area contributed by atoms with Gasteiger partial charge in [0.25, 0.3) is 5.56 Å². The van der Waals surface area contributed by atoms with Gasteiger partial charge in [0.2, 0.25) is 6.30 Å². The molecule has 5 rings (SSSR count). The van der Waals surface area contributed by atoms with E-state index < -0.39 is 23.4 Å². The molecule has 2 aliphatic rings. The fourth-order valence-electron chi connectivity index (χ4n) is 3.94. The van der Waals surface area contributed by atoms with Crippen LogP contribution in [0.15, 0.2) is 41.2 Å². The number of esters is 1. The zero-order valence-corrected chi connectivity index (χ0v) is 14.4. The van der Waals surface area contributed by atoms with Gasteiger partial charge >= 0.3 is 5.97 Å². The molecule has 27 heavy (non-hydrogen) atoms. The summed E-state index contributed by atoms with van der Waals surface area (Å²) in [6.07, 6.45) is -1.64. The van der Waals surface area contributed by atoms with Crippen molar-refractivity contribution in [3.63, 3.8) is 0 Å². The fourth-order valence-corrected chi connectivity index (χ4v) is 3.94. The number of alkyl halides is 1. The highest BCUT2D eigenvalue weighted by atomic mass is 19.1. The summed E-state index contributed by atoms with van der Waals surface area (Å²) >= 11 is 0. The fraction of sp³-hybridized carbons (Fsp3) is 0.250. The molecular formula is C20H15FN2O4. The van der Waals surface area contributed by atoms with Crippen molar-refractivity contribution in [2.24, 2.45) is 0 Å². The third kappa shape index (κ3) is 1.94. The van der Waals surface area contributed by atoms with Crippen molar-refractivity contribution in [3.8, 4) is 11.4 Å². The number of cyclic esters (lactones) is 1. The molecule has 0 saturated carbocycles. The van der Waals surface area contributed by atoms with Crippen LogP contribution in [0.25, 0.3) is 22.3 Å². The first kappa shape index (κ1) is 16.1. The lowest BCUT2D eigenvalue weighted by Gasteiger charge is -2.31. The molecule has 3 aromatic rings. The lowest BCUT2D eigenvalue weighted by Crippen LogP contribution is -2.44. The predicted octanol–water partition coefficient (Wildman–Crippen LogP) is 2.55. The Kier molecular flexibility index (Phi) is 3.13. The van der Waals surface area contributed by atoms with Gasteiger partial charge in [-0.3, -0.25) is 9.36 Å². The quantitative estimate of drug-likeness (QED) is 0.670. The Hall–Kier alpha value is -3.06. The number of fused-ring (bicyclic) bond motifs is 5. The highest BCUT2D eigenvalue weighted by Crippen LogP contribution is 2.42. The number of carbonyl (C=O) groups is 1. The molecule has 7 heteroatoms. The highest BCUT2D eigenvalue weighted by Gasteiger charge is 2.46. The van der Waals surface area contributed by atoms with E-state index in [4.69, 9.17) is 4.74 Å². The Balaban J connectivity index is 1.85. The Labute approximate surface area is 152 Å². The average molecular weight is 366 g/mol. The second-order valence-electron chi connectivity index (χ2n) is 6.84. The molecule has 0 unspecified atom stereocenters. The van der Waals surface area contributed by atoms with E-state index in [1.807, 2.05) is 24.3 Å². The number of hydrogen-bond acceptors (Lipinski definition) is 5. The topological polar surface area (TPSA) is 81.4 Å². The number of carbonyl (C=O) groups excluding carboxylic acids is 1. The smallest absolute Gasteiger partial charge is 0.343 e. The van der Waals surface area contributed by atoms with Crippen LogP contribution in [0.4, 0.5) is 4.39 Å². The molecule has 1 N–H and O–H groups in total. The summed E-state index contributed by atoms with van der Waals surface area (Å²) in [7, 11) is 0. The maximum atomic E-state index is 15.2. The summed E-state index contributed by atoms with van der Waals surface area (Å²) in [5.74, 6) is -0.802. The molecule has 2 atom stereocenters. The van der Waals surface area contributed by atoms with E-state index in [1.165, 1.54) is 6.07 Å². The van der Waals surface area contributed by atoms with Crippen LogP contribution in [0.5, 0.6) is 0 Å². The number of aliphatic hydroxyl groups is 1. The van der Waals surface area contributed by atoms with Crippen molar-refractivity contribution in [1.29, 1.82) is 0 Å². The number of hydrogen-bond donors (Lipinski definition) is 1. The van der Waals surface area contributed by atoms with E-state index in [1.54, 1.807) is 13.0 Å². The first-order valence-corrected chi connectivity index (χ1v) is 8.68. The first-order chi connectivity index (χ1) is 13.0. The number of para-hydroxylation sites is 1.